The zero-order valence-corrected chi connectivity index (χ0v) is 16.8. The molecular weight excluding hydrogens is 400 g/mol. The quantitative estimate of drug-likeness (QED) is 0.577. The fourth-order valence-corrected chi connectivity index (χ4v) is 3.58. The second-order valence-corrected chi connectivity index (χ2v) is 8.07. The Kier molecular flexibility index (Phi) is 5.15. The molecule has 0 saturated carbocycles. The highest BCUT2D eigenvalue weighted by atomic mass is 32.2. The average Bonchev–Trinajstić information content (AvgIpc) is 3.10. The van der Waals surface area contributed by atoms with Crippen LogP contribution < -0.4 is 21.7 Å². The lowest BCUT2D eigenvalue weighted by atomic mass is 10.2. The van der Waals surface area contributed by atoms with Crippen LogP contribution in [0.1, 0.15) is 19.4 Å². The Morgan fingerprint density at radius 3 is 2.34 bits per heavy atom. The van der Waals surface area contributed by atoms with Gasteiger partial charge in [-0.1, -0.05) is 6.92 Å². The molecule has 1 unspecified atom stereocenters. The van der Waals surface area contributed by atoms with E-state index in [1.54, 1.807) is 6.92 Å². The third-order valence-corrected chi connectivity index (χ3v) is 5.58. The number of aryl methyl sites for hydroxylation is 1. The van der Waals surface area contributed by atoms with Crippen LogP contribution in [0.2, 0.25) is 0 Å². The predicted molar refractivity (Wildman–Crippen MR) is 106 cm³/mol. The van der Waals surface area contributed by atoms with Gasteiger partial charge in [0.2, 0.25) is 15.9 Å². The Balaban J connectivity index is 1.99. The van der Waals surface area contributed by atoms with Gasteiger partial charge < -0.3 is 9.88 Å². The minimum Gasteiger partial charge on any atom is -0.324 e. The Bertz CT molecular complexity index is 1320. The molecule has 0 saturated heterocycles. The normalized spacial score (nSPS) is 12.8. The lowest BCUT2D eigenvalue weighted by molar-refractivity contribution is -0.119. The van der Waals surface area contributed by atoms with E-state index in [9.17, 15) is 22.8 Å². The van der Waals surface area contributed by atoms with Gasteiger partial charge in [0.25, 0.3) is 5.56 Å². The molecule has 0 bridgehead atoms. The molecule has 1 amide bonds. The van der Waals surface area contributed by atoms with Crippen LogP contribution in [-0.4, -0.2) is 33.0 Å². The van der Waals surface area contributed by atoms with Crippen molar-refractivity contribution >= 4 is 32.8 Å². The van der Waals surface area contributed by atoms with E-state index in [1.165, 1.54) is 53.8 Å². The Hall–Kier alpha value is -3.25. The minimum atomic E-state index is -3.84. The van der Waals surface area contributed by atoms with E-state index in [4.69, 9.17) is 5.14 Å². The summed E-state index contributed by atoms with van der Waals surface area (Å²) in [7, 11) is -0.983. The number of nitrogens with one attached hydrogen (secondary N) is 1. The van der Waals surface area contributed by atoms with E-state index in [1.807, 2.05) is 0 Å². The molecule has 0 aliphatic heterocycles. The maximum atomic E-state index is 12.8. The van der Waals surface area contributed by atoms with Crippen LogP contribution in [0.5, 0.6) is 0 Å². The molecule has 29 heavy (non-hydrogen) atoms. The number of sulfonamides is 1. The number of aromatic nitrogens is 4. The Morgan fingerprint density at radius 2 is 1.79 bits per heavy atom. The molecule has 0 aliphatic rings. The molecule has 1 aromatic carbocycles. The number of amides is 1. The molecule has 154 valence electrons. The summed E-state index contributed by atoms with van der Waals surface area (Å²) in [5.74, 6) is -0.425. The van der Waals surface area contributed by atoms with Gasteiger partial charge in [0.1, 0.15) is 6.04 Å². The summed E-state index contributed by atoms with van der Waals surface area (Å²) in [5.41, 5.74) is -0.377. The van der Waals surface area contributed by atoms with Gasteiger partial charge in [0.15, 0.2) is 11.2 Å². The van der Waals surface area contributed by atoms with Crippen molar-refractivity contribution in [3.8, 4) is 0 Å². The van der Waals surface area contributed by atoms with E-state index in [0.717, 1.165) is 4.57 Å². The largest absolute Gasteiger partial charge is 0.332 e. The highest BCUT2D eigenvalue weighted by Crippen LogP contribution is 2.20. The van der Waals surface area contributed by atoms with Crippen molar-refractivity contribution in [2.75, 3.05) is 5.32 Å². The lowest BCUT2D eigenvalue weighted by Gasteiger charge is -2.17. The number of fused-ring (bicyclic) bond motifs is 1. The first kappa shape index (κ1) is 20.5. The van der Waals surface area contributed by atoms with Crippen molar-refractivity contribution in [1.29, 1.82) is 0 Å². The third-order valence-electron chi connectivity index (χ3n) is 4.65. The molecular formula is C17H20N6O5S. The van der Waals surface area contributed by atoms with Gasteiger partial charge in [0.05, 0.1) is 11.2 Å². The van der Waals surface area contributed by atoms with Crippen molar-refractivity contribution in [2.45, 2.75) is 24.3 Å². The molecule has 3 aromatic rings. The number of carbonyl (C=O) groups excluding carboxylic acids is 1. The summed E-state index contributed by atoms with van der Waals surface area (Å²) < 4.78 is 26.3. The van der Waals surface area contributed by atoms with E-state index in [-0.39, 0.29) is 16.1 Å². The number of primary sulfonamides is 1. The van der Waals surface area contributed by atoms with E-state index in [0.29, 0.717) is 12.1 Å². The van der Waals surface area contributed by atoms with E-state index < -0.39 is 33.2 Å². The highest BCUT2D eigenvalue weighted by Gasteiger charge is 2.24. The summed E-state index contributed by atoms with van der Waals surface area (Å²) in [6, 6.07) is 4.62. The number of hydrogen-bond donors (Lipinski definition) is 2. The SMILES string of the molecule is CCC(C(=O)Nc1ccc(S(N)(=O)=O)cc1)n1cnc2c1c(=O)n(C)c(=O)n2C. The van der Waals surface area contributed by atoms with E-state index in [2.05, 4.69) is 10.3 Å². The van der Waals surface area contributed by atoms with Gasteiger partial charge in [0, 0.05) is 19.8 Å². The van der Waals surface area contributed by atoms with Crippen LogP contribution in [0.4, 0.5) is 5.69 Å². The number of hydrogen-bond acceptors (Lipinski definition) is 6. The first-order chi connectivity index (χ1) is 13.6. The maximum absolute atomic E-state index is 12.8. The topological polar surface area (TPSA) is 151 Å². The van der Waals surface area contributed by atoms with Gasteiger partial charge in [-0.25, -0.2) is 23.3 Å². The number of imidazole rings is 1. The number of nitrogens with two attached hydrogens (primary N) is 1. The van der Waals surface area contributed by atoms with Crippen LogP contribution in [0.3, 0.4) is 0 Å². The number of rotatable bonds is 5. The van der Waals surface area contributed by atoms with Gasteiger partial charge in [-0.05, 0) is 30.7 Å². The molecule has 0 aliphatic carbocycles. The fraction of sp³-hybridized carbons (Fsp3) is 0.294. The Morgan fingerprint density at radius 1 is 1.17 bits per heavy atom. The molecule has 3 N–H and O–H groups in total. The first-order valence-electron chi connectivity index (χ1n) is 8.62. The fourth-order valence-electron chi connectivity index (χ4n) is 3.06. The van der Waals surface area contributed by atoms with Crippen molar-refractivity contribution in [2.24, 2.45) is 19.2 Å². The predicted octanol–water partition coefficient (Wildman–Crippen LogP) is -0.329. The molecule has 1 atom stereocenters. The summed E-state index contributed by atoms with van der Waals surface area (Å²) >= 11 is 0. The number of nitrogens with zero attached hydrogens (tertiary/aromatic N) is 4. The van der Waals surface area contributed by atoms with Crippen molar-refractivity contribution < 1.29 is 13.2 Å². The molecule has 3 rings (SSSR count). The smallest absolute Gasteiger partial charge is 0.324 e. The number of anilines is 1. The van der Waals surface area contributed by atoms with Crippen LogP contribution in [-0.2, 0) is 28.9 Å². The summed E-state index contributed by atoms with van der Waals surface area (Å²) in [4.78, 5) is 41.6. The van der Waals surface area contributed by atoms with Crippen molar-refractivity contribution in [3.63, 3.8) is 0 Å². The molecule has 2 aromatic heterocycles. The van der Waals surface area contributed by atoms with Crippen LogP contribution in [0.25, 0.3) is 11.2 Å². The van der Waals surface area contributed by atoms with Crippen molar-refractivity contribution in [3.05, 3.63) is 51.4 Å². The van der Waals surface area contributed by atoms with Crippen LogP contribution in [0, 0.1) is 0 Å². The van der Waals surface area contributed by atoms with E-state index >= 15 is 0 Å². The highest BCUT2D eigenvalue weighted by molar-refractivity contribution is 7.89. The standard InChI is InChI=1S/C17H20N6O5S/c1-4-12(15(24)20-10-5-7-11(8-6-10)29(18,27)28)23-9-19-14-13(23)16(25)22(3)17(26)21(14)2/h5-9,12H,4H2,1-3H3,(H,20,24)(H2,18,27,28). The number of benzene rings is 1. The van der Waals surface area contributed by atoms with Crippen LogP contribution >= 0.6 is 0 Å². The van der Waals surface area contributed by atoms with Crippen LogP contribution in [0.15, 0.2) is 45.1 Å². The summed E-state index contributed by atoms with van der Waals surface area (Å²) in [6.45, 7) is 1.77. The van der Waals surface area contributed by atoms with Gasteiger partial charge in [-0.3, -0.25) is 18.7 Å². The lowest BCUT2D eigenvalue weighted by Crippen LogP contribution is -2.38. The maximum Gasteiger partial charge on any atom is 0.332 e. The van der Waals surface area contributed by atoms with Crippen molar-refractivity contribution in [1.82, 2.24) is 18.7 Å². The summed E-state index contributed by atoms with van der Waals surface area (Å²) in [5, 5.41) is 7.75. The molecule has 0 radical (unpaired) electrons. The molecule has 0 fully saturated rings. The van der Waals surface area contributed by atoms with Gasteiger partial charge in [-0.2, -0.15) is 0 Å². The summed E-state index contributed by atoms with van der Waals surface area (Å²) in [6.07, 6.45) is 1.70. The third kappa shape index (κ3) is 3.59. The molecule has 12 heteroatoms. The zero-order valence-electron chi connectivity index (χ0n) is 16.0. The monoisotopic (exact) mass is 420 g/mol. The zero-order chi connectivity index (χ0) is 21.5. The molecule has 2 heterocycles. The first-order valence-corrected chi connectivity index (χ1v) is 10.2. The molecule has 0 spiro atoms. The van der Waals surface area contributed by atoms with Gasteiger partial charge in [-0.15, -0.1) is 0 Å². The average molecular weight is 420 g/mol. The second kappa shape index (κ2) is 7.29. The Labute approximate surface area is 165 Å². The number of carbonyl (C=O) groups is 1. The van der Waals surface area contributed by atoms with Gasteiger partial charge >= 0.3 is 5.69 Å². The minimum absolute atomic E-state index is 0.0763. The molecule has 11 nitrogen and oxygen atoms in total. The second-order valence-electron chi connectivity index (χ2n) is 6.51.